The number of hydrogen-bond donors (Lipinski definition) is 2. The van der Waals surface area contributed by atoms with Crippen LogP contribution in [0, 0.1) is 0 Å². The maximum absolute atomic E-state index is 12.1. The van der Waals surface area contributed by atoms with Gasteiger partial charge in [-0.25, -0.2) is 4.79 Å². The number of nitrogens with one attached hydrogen (secondary N) is 2. The Morgan fingerprint density at radius 1 is 1.40 bits per heavy atom. The minimum Gasteiger partial charge on any atom is -0.332 e. The van der Waals surface area contributed by atoms with E-state index in [1.165, 1.54) is 0 Å². The lowest BCUT2D eigenvalue weighted by molar-refractivity contribution is -0.132. The molecule has 20 heavy (non-hydrogen) atoms. The van der Waals surface area contributed by atoms with Gasteiger partial charge in [0.25, 0.3) is 5.91 Å². The number of carbonyl (C=O) groups is 3. The predicted octanol–water partition coefficient (Wildman–Crippen LogP) is -0.0880. The maximum atomic E-state index is 12.1. The quantitative estimate of drug-likeness (QED) is 0.754. The molecule has 1 fully saturated rings. The Kier molecular flexibility index (Phi) is 3.09. The fourth-order valence-electron chi connectivity index (χ4n) is 2.46. The molecule has 1 aromatic rings. The summed E-state index contributed by atoms with van der Waals surface area (Å²) in [6.07, 6.45) is 2.26. The number of nitrogens with zero attached hydrogens (tertiary/aromatic N) is 2. The first-order chi connectivity index (χ1) is 9.63. The Hall–Kier alpha value is -2.44. The smallest absolute Gasteiger partial charge is 0.322 e. The standard InChI is InChI=1S/C13H14N4O3/c18-11(4-3-9-12(19)16-13(20)15-9)17-6-8-2-1-5-14-10(8)7-17/h1-2,5,9H,3-4,6-7H2,(H2,15,16,19,20). The van der Waals surface area contributed by atoms with Crippen LogP contribution in [0.3, 0.4) is 0 Å². The van der Waals surface area contributed by atoms with Crippen molar-refractivity contribution in [1.82, 2.24) is 20.5 Å². The number of rotatable bonds is 3. The molecule has 0 aromatic carbocycles. The molecule has 0 radical (unpaired) electrons. The van der Waals surface area contributed by atoms with Crippen molar-refractivity contribution in [2.24, 2.45) is 0 Å². The van der Waals surface area contributed by atoms with Crippen LogP contribution in [0.2, 0.25) is 0 Å². The largest absolute Gasteiger partial charge is 0.332 e. The first-order valence-electron chi connectivity index (χ1n) is 6.45. The molecule has 104 valence electrons. The maximum Gasteiger partial charge on any atom is 0.322 e. The van der Waals surface area contributed by atoms with Gasteiger partial charge in [0.15, 0.2) is 0 Å². The van der Waals surface area contributed by atoms with Crippen molar-refractivity contribution in [1.29, 1.82) is 0 Å². The molecule has 0 aliphatic carbocycles. The number of imide groups is 1. The second kappa shape index (κ2) is 4.92. The SMILES string of the molecule is O=C1NC(=O)C(CCC(=O)N2Cc3cccnc3C2)N1. The summed E-state index contributed by atoms with van der Waals surface area (Å²) in [5.41, 5.74) is 1.99. The van der Waals surface area contributed by atoms with E-state index in [0.717, 1.165) is 11.3 Å². The highest BCUT2D eigenvalue weighted by atomic mass is 16.2. The summed E-state index contributed by atoms with van der Waals surface area (Å²) >= 11 is 0. The Morgan fingerprint density at radius 3 is 2.95 bits per heavy atom. The Morgan fingerprint density at radius 2 is 2.25 bits per heavy atom. The van der Waals surface area contributed by atoms with Crippen molar-refractivity contribution in [3.05, 3.63) is 29.6 Å². The van der Waals surface area contributed by atoms with Gasteiger partial charge in [-0.1, -0.05) is 6.07 Å². The summed E-state index contributed by atoms with van der Waals surface area (Å²) in [4.78, 5) is 40.4. The summed E-state index contributed by atoms with van der Waals surface area (Å²) in [5, 5.41) is 4.63. The second-order valence-corrected chi connectivity index (χ2v) is 4.91. The third-order valence-corrected chi connectivity index (χ3v) is 3.54. The molecule has 1 unspecified atom stereocenters. The molecule has 1 saturated heterocycles. The van der Waals surface area contributed by atoms with Crippen LogP contribution in [-0.2, 0) is 22.7 Å². The van der Waals surface area contributed by atoms with Gasteiger partial charge in [0, 0.05) is 19.2 Å². The number of fused-ring (bicyclic) bond motifs is 1. The van der Waals surface area contributed by atoms with E-state index in [2.05, 4.69) is 15.6 Å². The Balaban J connectivity index is 1.54. The topological polar surface area (TPSA) is 91.4 Å². The van der Waals surface area contributed by atoms with Gasteiger partial charge in [-0.05, 0) is 18.1 Å². The molecular formula is C13H14N4O3. The number of urea groups is 1. The van der Waals surface area contributed by atoms with Crippen molar-refractivity contribution in [2.45, 2.75) is 32.0 Å². The molecule has 7 nitrogen and oxygen atoms in total. The minimum atomic E-state index is -0.602. The summed E-state index contributed by atoms with van der Waals surface area (Å²) in [5.74, 6) is -0.397. The van der Waals surface area contributed by atoms with Gasteiger partial charge in [-0.3, -0.25) is 19.9 Å². The first kappa shape index (κ1) is 12.6. The van der Waals surface area contributed by atoms with E-state index >= 15 is 0 Å². The minimum absolute atomic E-state index is 0.0306. The lowest BCUT2D eigenvalue weighted by atomic mass is 10.1. The van der Waals surface area contributed by atoms with Gasteiger partial charge in [-0.2, -0.15) is 0 Å². The normalized spacial score (nSPS) is 20.6. The number of amides is 4. The van der Waals surface area contributed by atoms with Crippen LogP contribution in [0.4, 0.5) is 4.79 Å². The van der Waals surface area contributed by atoms with Gasteiger partial charge in [0.1, 0.15) is 6.04 Å². The molecule has 3 heterocycles. The van der Waals surface area contributed by atoms with Crippen LogP contribution in [0.5, 0.6) is 0 Å². The molecule has 4 amide bonds. The zero-order valence-electron chi connectivity index (χ0n) is 10.8. The summed E-state index contributed by atoms with van der Waals surface area (Å²) in [6, 6.07) is 2.71. The van der Waals surface area contributed by atoms with Gasteiger partial charge in [0.05, 0.1) is 12.2 Å². The van der Waals surface area contributed by atoms with Gasteiger partial charge >= 0.3 is 6.03 Å². The van der Waals surface area contributed by atoms with E-state index in [1.807, 2.05) is 12.1 Å². The van der Waals surface area contributed by atoms with E-state index in [4.69, 9.17) is 0 Å². The second-order valence-electron chi connectivity index (χ2n) is 4.91. The summed E-state index contributed by atoms with van der Waals surface area (Å²) in [6.45, 7) is 1.07. The molecule has 2 N–H and O–H groups in total. The van der Waals surface area contributed by atoms with Crippen molar-refractivity contribution in [3.63, 3.8) is 0 Å². The molecule has 1 aromatic heterocycles. The number of hydrogen-bond acceptors (Lipinski definition) is 4. The van der Waals surface area contributed by atoms with Crippen LogP contribution < -0.4 is 10.6 Å². The zero-order chi connectivity index (χ0) is 14.1. The predicted molar refractivity (Wildman–Crippen MR) is 68.2 cm³/mol. The average Bonchev–Trinajstić information content (AvgIpc) is 2.99. The third kappa shape index (κ3) is 2.34. The fraction of sp³-hybridized carbons (Fsp3) is 0.385. The van der Waals surface area contributed by atoms with Crippen molar-refractivity contribution in [3.8, 4) is 0 Å². The number of pyridine rings is 1. The summed E-state index contributed by atoms with van der Waals surface area (Å²) in [7, 11) is 0. The lowest BCUT2D eigenvalue weighted by Crippen LogP contribution is -2.32. The highest BCUT2D eigenvalue weighted by molar-refractivity contribution is 6.04. The Bertz CT molecular complexity index is 562. The molecule has 1 atom stereocenters. The van der Waals surface area contributed by atoms with Gasteiger partial charge < -0.3 is 10.2 Å². The fourth-order valence-corrected chi connectivity index (χ4v) is 2.46. The van der Waals surface area contributed by atoms with E-state index in [-0.39, 0.29) is 18.2 Å². The van der Waals surface area contributed by atoms with Crippen molar-refractivity contribution >= 4 is 17.8 Å². The van der Waals surface area contributed by atoms with Crippen LogP contribution in [0.1, 0.15) is 24.1 Å². The van der Waals surface area contributed by atoms with Gasteiger partial charge in [-0.15, -0.1) is 0 Å². The van der Waals surface area contributed by atoms with E-state index in [9.17, 15) is 14.4 Å². The lowest BCUT2D eigenvalue weighted by Gasteiger charge is -2.15. The molecule has 0 bridgehead atoms. The van der Waals surface area contributed by atoms with Crippen LogP contribution in [0.15, 0.2) is 18.3 Å². The Labute approximate surface area is 115 Å². The average molecular weight is 274 g/mol. The highest BCUT2D eigenvalue weighted by Crippen LogP contribution is 2.21. The summed E-state index contributed by atoms with van der Waals surface area (Å²) < 4.78 is 0. The van der Waals surface area contributed by atoms with E-state index in [1.54, 1.807) is 11.1 Å². The van der Waals surface area contributed by atoms with E-state index in [0.29, 0.717) is 19.5 Å². The van der Waals surface area contributed by atoms with E-state index < -0.39 is 12.1 Å². The molecule has 0 saturated carbocycles. The van der Waals surface area contributed by atoms with Crippen LogP contribution in [0.25, 0.3) is 0 Å². The van der Waals surface area contributed by atoms with Gasteiger partial charge in [0.2, 0.25) is 5.91 Å². The molecule has 0 spiro atoms. The monoisotopic (exact) mass is 274 g/mol. The highest BCUT2D eigenvalue weighted by Gasteiger charge is 2.31. The molecule has 7 heteroatoms. The van der Waals surface area contributed by atoms with Crippen molar-refractivity contribution < 1.29 is 14.4 Å². The van der Waals surface area contributed by atoms with Crippen molar-refractivity contribution in [2.75, 3.05) is 0 Å². The third-order valence-electron chi connectivity index (χ3n) is 3.54. The number of aromatic nitrogens is 1. The molecule has 2 aliphatic rings. The molecule has 3 rings (SSSR count). The first-order valence-corrected chi connectivity index (χ1v) is 6.45. The molecule has 2 aliphatic heterocycles. The zero-order valence-corrected chi connectivity index (χ0v) is 10.8. The van der Waals surface area contributed by atoms with Crippen LogP contribution in [-0.4, -0.2) is 33.8 Å². The molecular weight excluding hydrogens is 260 g/mol. The number of carbonyl (C=O) groups excluding carboxylic acids is 3. The van der Waals surface area contributed by atoms with Crippen LogP contribution >= 0.6 is 0 Å².